The highest BCUT2D eigenvalue weighted by Gasteiger charge is 2.55. The fraction of sp³-hybridized carbons (Fsp3) is 0.879. The Morgan fingerprint density at radius 2 is 1.89 bits per heavy atom. The Kier molecular flexibility index (Phi) is 11.0. The van der Waals surface area contributed by atoms with Crippen molar-refractivity contribution in [1.29, 1.82) is 0 Å². The molecule has 9 unspecified atom stereocenters. The lowest BCUT2D eigenvalue weighted by molar-refractivity contribution is -0.114. The minimum Gasteiger partial charge on any atom is -0.396 e. The maximum atomic E-state index is 11.5. The summed E-state index contributed by atoms with van der Waals surface area (Å²) in [6, 6.07) is 0. The molecule has 4 aliphatic rings. The van der Waals surface area contributed by atoms with Crippen molar-refractivity contribution < 1.29 is 20.1 Å². The third-order valence-electron chi connectivity index (χ3n) is 11.2. The predicted octanol–water partition coefficient (Wildman–Crippen LogP) is 6.05. The second kappa shape index (κ2) is 13.8. The first-order valence-corrected chi connectivity index (χ1v) is 16.1. The van der Waals surface area contributed by atoms with Crippen LogP contribution in [-0.4, -0.2) is 47.6 Å². The molecule has 0 aromatic rings. The predicted molar refractivity (Wildman–Crippen MR) is 154 cm³/mol. The minimum absolute atomic E-state index is 0.224. The number of rotatable bonds is 10. The van der Waals surface area contributed by atoms with E-state index in [9.17, 15) is 15.3 Å². The van der Waals surface area contributed by atoms with E-state index < -0.39 is 12.5 Å². The molecule has 3 aliphatic carbocycles. The van der Waals surface area contributed by atoms with Gasteiger partial charge in [0, 0.05) is 30.6 Å². The quantitative estimate of drug-likeness (QED) is 0.258. The first-order chi connectivity index (χ1) is 18.4. The molecule has 4 rings (SSSR count). The van der Waals surface area contributed by atoms with Gasteiger partial charge >= 0.3 is 0 Å². The average Bonchev–Trinajstić information content (AvgIpc) is 2.94. The van der Waals surface area contributed by atoms with E-state index in [0.29, 0.717) is 54.0 Å². The molecule has 5 nitrogen and oxygen atoms in total. The molecule has 0 amide bonds. The molecular formula is C33H57NO4. The lowest BCUT2D eigenvalue weighted by atomic mass is 9.47. The highest BCUT2D eigenvalue weighted by Crippen LogP contribution is 2.61. The van der Waals surface area contributed by atoms with E-state index in [-0.39, 0.29) is 12.5 Å². The molecule has 11 atom stereocenters. The van der Waals surface area contributed by atoms with Crippen molar-refractivity contribution in [2.24, 2.45) is 53.3 Å². The maximum Gasteiger partial charge on any atom is 0.181 e. The maximum absolute atomic E-state index is 11.5. The van der Waals surface area contributed by atoms with Crippen LogP contribution in [0.15, 0.2) is 22.8 Å². The van der Waals surface area contributed by atoms with E-state index in [1.807, 2.05) is 6.92 Å². The number of aliphatic hydroxyl groups is 3. The summed E-state index contributed by atoms with van der Waals surface area (Å²) in [4.78, 5) is 0. The highest BCUT2D eigenvalue weighted by atomic mass is 16.6. The van der Waals surface area contributed by atoms with Crippen LogP contribution in [0.3, 0.4) is 0 Å². The number of allylic oxidation sites excluding steroid dienone is 2. The Labute approximate surface area is 232 Å². The first kappa shape index (κ1) is 30.2. The fourth-order valence-corrected chi connectivity index (χ4v) is 9.33. The normalized spacial score (nSPS) is 42.1. The van der Waals surface area contributed by atoms with E-state index in [0.717, 1.165) is 50.6 Å². The Balaban J connectivity index is 1.60. The van der Waals surface area contributed by atoms with E-state index in [1.165, 1.54) is 31.3 Å². The van der Waals surface area contributed by atoms with Crippen LogP contribution in [0.4, 0.5) is 0 Å². The number of nitrogens with one attached hydrogen (secondary N) is 1. The van der Waals surface area contributed by atoms with Crippen LogP contribution in [-0.2, 0) is 4.74 Å². The largest absolute Gasteiger partial charge is 0.396 e. The Hall–Kier alpha value is -0.720. The zero-order valence-electron chi connectivity index (χ0n) is 24.9. The summed E-state index contributed by atoms with van der Waals surface area (Å²) in [5, 5.41) is 36.3. The number of ether oxygens (including phenoxy) is 1. The Bertz CT molecular complexity index is 824. The van der Waals surface area contributed by atoms with Crippen molar-refractivity contribution in [2.45, 2.75) is 111 Å². The summed E-state index contributed by atoms with van der Waals surface area (Å²) in [5.41, 5.74) is 3.94. The van der Waals surface area contributed by atoms with Gasteiger partial charge in [-0.05, 0) is 98.9 Å². The van der Waals surface area contributed by atoms with Gasteiger partial charge in [-0.1, -0.05) is 58.6 Å². The van der Waals surface area contributed by atoms with Gasteiger partial charge in [0.25, 0.3) is 0 Å². The van der Waals surface area contributed by atoms with E-state index in [2.05, 4.69) is 39.1 Å². The Morgan fingerprint density at radius 1 is 1.11 bits per heavy atom. The summed E-state index contributed by atoms with van der Waals surface area (Å²) >= 11 is 0. The van der Waals surface area contributed by atoms with Gasteiger partial charge in [0.1, 0.15) is 6.23 Å². The molecule has 0 bridgehead atoms. The van der Waals surface area contributed by atoms with Crippen LogP contribution < -0.4 is 5.32 Å². The van der Waals surface area contributed by atoms with Gasteiger partial charge in [0.15, 0.2) is 6.29 Å². The summed E-state index contributed by atoms with van der Waals surface area (Å²) in [5.74, 6) is 4.12. The molecule has 1 heterocycles. The molecule has 38 heavy (non-hydrogen) atoms. The van der Waals surface area contributed by atoms with Gasteiger partial charge < -0.3 is 20.1 Å². The van der Waals surface area contributed by atoms with Crippen LogP contribution >= 0.6 is 0 Å². The van der Waals surface area contributed by atoms with Crippen molar-refractivity contribution in [3.8, 4) is 0 Å². The molecule has 218 valence electrons. The topological polar surface area (TPSA) is 82.0 Å². The van der Waals surface area contributed by atoms with Crippen molar-refractivity contribution in [1.82, 2.24) is 5.32 Å². The smallest absolute Gasteiger partial charge is 0.181 e. The summed E-state index contributed by atoms with van der Waals surface area (Å²) in [6.45, 7) is 12.9. The highest BCUT2D eigenvalue weighted by molar-refractivity contribution is 5.42. The number of unbranched alkanes of at least 4 members (excludes halogenated alkanes) is 1. The summed E-state index contributed by atoms with van der Waals surface area (Å²) in [6.07, 6.45) is 12.3. The second-order valence-electron chi connectivity index (χ2n) is 13.1. The molecule has 0 spiro atoms. The third kappa shape index (κ3) is 5.98. The molecule has 4 N–H and O–H groups in total. The summed E-state index contributed by atoms with van der Waals surface area (Å²) < 4.78 is 5.70. The van der Waals surface area contributed by atoms with Crippen LogP contribution in [0.1, 0.15) is 98.8 Å². The van der Waals surface area contributed by atoms with Gasteiger partial charge in [0.2, 0.25) is 0 Å². The fourth-order valence-electron chi connectivity index (χ4n) is 9.33. The van der Waals surface area contributed by atoms with E-state index in [4.69, 9.17) is 4.74 Å². The van der Waals surface area contributed by atoms with Crippen molar-refractivity contribution in [2.75, 3.05) is 19.8 Å². The number of aliphatic hydroxyl groups excluding tert-OH is 3. The second-order valence-corrected chi connectivity index (χ2v) is 13.1. The van der Waals surface area contributed by atoms with Gasteiger partial charge in [-0.3, -0.25) is 5.32 Å². The molecular weight excluding hydrogens is 474 g/mol. The molecule has 0 radical (unpaired) electrons. The third-order valence-corrected chi connectivity index (χ3v) is 11.2. The van der Waals surface area contributed by atoms with Gasteiger partial charge in [-0.25, -0.2) is 0 Å². The van der Waals surface area contributed by atoms with Crippen LogP contribution in [0.25, 0.3) is 0 Å². The standard InChI is InChI=1S/C33H57NO4/c1-6-10-11-21(7-2)17-34-32(36)27-15-12-22-16-28(29-20(5)19-38-33(37)25(29)9-4)24(8-3)26-14-13-23(18-35)31(27)30(22)26/h9,20-24,26-27,30-37H,6-8,10-19H2,1-5H3/b25-9?,29-28+/t20-,21?,22?,23?,24?,26-,27?,30?,31?,32?,33?/m1/s1. The van der Waals surface area contributed by atoms with E-state index in [1.54, 1.807) is 5.57 Å². The van der Waals surface area contributed by atoms with E-state index >= 15 is 0 Å². The lowest BCUT2D eigenvalue weighted by Crippen LogP contribution is -2.56. The SMILES string of the molecule is CC=C1/C(=C2\CC3CCC(C(O)NCC(CC)CCCC)C4C(CO)CC[C@H](C2CC)C34)[C@H](C)COC1O. The molecule has 0 aromatic carbocycles. The van der Waals surface area contributed by atoms with Crippen LogP contribution in [0.5, 0.6) is 0 Å². The average molecular weight is 532 g/mol. The molecule has 1 aliphatic heterocycles. The molecule has 1 saturated heterocycles. The number of hydrogen-bond donors (Lipinski definition) is 4. The van der Waals surface area contributed by atoms with Gasteiger partial charge in [0.05, 0.1) is 6.61 Å². The van der Waals surface area contributed by atoms with Gasteiger partial charge in [-0.2, -0.15) is 0 Å². The minimum atomic E-state index is -0.812. The summed E-state index contributed by atoms with van der Waals surface area (Å²) in [7, 11) is 0. The zero-order valence-corrected chi connectivity index (χ0v) is 24.9. The lowest BCUT2D eigenvalue weighted by Gasteiger charge is -2.59. The van der Waals surface area contributed by atoms with Crippen molar-refractivity contribution >= 4 is 0 Å². The van der Waals surface area contributed by atoms with Gasteiger partial charge in [-0.15, -0.1) is 0 Å². The van der Waals surface area contributed by atoms with Crippen molar-refractivity contribution in [3.63, 3.8) is 0 Å². The van der Waals surface area contributed by atoms with Crippen LogP contribution in [0, 0.1) is 53.3 Å². The molecule has 0 aromatic heterocycles. The molecule has 5 heteroatoms. The zero-order chi connectivity index (χ0) is 27.4. The first-order valence-electron chi connectivity index (χ1n) is 16.1. The van der Waals surface area contributed by atoms with Crippen LogP contribution in [0.2, 0.25) is 0 Å². The van der Waals surface area contributed by atoms with Crippen molar-refractivity contribution in [3.05, 3.63) is 22.8 Å². The molecule has 3 saturated carbocycles. The number of hydrogen-bond acceptors (Lipinski definition) is 5. The monoisotopic (exact) mass is 531 g/mol. The molecule has 4 fully saturated rings. The Morgan fingerprint density at radius 3 is 2.55 bits per heavy atom.